The molecule has 2 heteroatoms. The Bertz CT molecular complexity index is 2330. The number of hydrogen-bond acceptors (Lipinski definition) is 2. The highest BCUT2D eigenvalue weighted by atomic mass is 16.3. The lowest BCUT2D eigenvalue weighted by Crippen LogP contribution is -1.87. The van der Waals surface area contributed by atoms with Crippen molar-refractivity contribution in [2.45, 2.75) is 6.54 Å². The van der Waals surface area contributed by atoms with Gasteiger partial charge in [-0.05, 0) is 87.1 Å². The van der Waals surface area contributed by atoms with Gasteiger partial charge in [-0.25, -0.2) is 0 Å². The molecular formula is C44H31NO. The number of hydrogen-bond donors (Lipinski definition) is 0. The van der Waals surface area contributed by atoms with Crippen molar-refractivity contribution in [2.24, 2.45) is 4.99 Å². The molecule has 0 atom stereocenters. The molecule has 0 radical (unpaired) electrons. The minimum Gasteiger partial charge on any atom is -0.455 e. The minimum absolute atomic E-state index is 0.601. The van der Waals surface area contributed by atoms with E-state index in [1.54, 1.807) is 0 Å². The van der Waals surface area contributed by atoms with Crippen LogP contribution in [0.1, 0.15) is 5.56 Å². The van der Waals surface area contributed by atoms with Crippen molar-refractivity contribution < 1.29 is 4.42 Å². The van der Waals surface area contributed by atoms with E-state index < -0.39 is 0 Å². The molecule has 0 spiro atoms. The summed E-state index contributed by atoms with van der Waals surface area (Å²) >= 11 is 0. The summed E-state index contributed by atoms with van der Waals surface area (Å²) in [7, 11) is 0. The van der Waals surface area contributed by atoms with Crippen LogP contribution in [0.15, 0.2) is 173 Å². The molecule has 0 aliphatic heterocycles. The van der Waals surface area contributed by atoms with E-state index in [9.17, 15) is 0 Å². The molecular weight excluding hydrogens is 558 g/mol. The fourth-order valence-corrected chi connectivity index (χ4v) is 6.54. The third-order valence-corrected chi connectivity index (χ3v) is 8.73. The predicted octanol–water partition coefficient (Wildman–Crippen LogP) is 12.1. The lowest BCUT2D eigenvalue weighted by Gasteiger charge is -2.11. The van der Waals surface area contributed by atoms with E-state index in [2.05, 4.69) is 176 Å². The Morgan fingerprint density at radius 3 is 1.67 bits per heavy atom. The molecule has 7 aromatic carbocycles. The molecule has 218 valence electrons. The van der Waals surface area contributed by atoms with Crippen LogP contribution in [0.25, 0.3) is 77.6 Å². The first kappa shape index (κ1) is 27.6. The quantitative estimate of drug-likeness (QED) is 0.170. The van der Waals surface area contributed by atoms with Crippen LogP contribution in [0.4, 0.5) is 0 Å². The summed E-state index contributed by atoms with van der Waals surface area (Å²) in [6, 6.07) is 58.1. The van der Waals surface area contributed by atoms with Gasteiger partial charge in [-0.15, -0.1) is 0 Å². The van der Waals surface area contributed by atoms with Crippen molar-refractivity contribution in [3.05, 3.63) is 169 Å². The van der Waals surface area contributed by atoms with E-state index in [0.29, 0.717) is 6.54 Å². The van der Waals surface area contributed by atoms with Gasteiger partial charge in [0.2, 0.25) is 0 Å². The molecule has 0 saturated carbocycles. The molecule has 0 amide bonds. The van der Waals surface area contributed by atoms with E-state index in [1.807, 2.05) is 0 Å². The van der Waals surface area contributed by atoms with Crippen LogP contribution in [0.5, 0.6) is 0 Å². The highest BCUT2D eigenvalue weighted by Gasteiger charge is 2.21. The smallest absolute Gasteiger partial charge is 0.143 e. The fourth-order valence-electron chi connectivity index (χ4n) is 6.54. The molecule has 0 saturated heterocycles. The van der Waals surface area contributed by atoms with Crippen LogP contribution in [0.3, 0.4) is 0 Å². The number of benzene rings is 7. The van der Waals surface area contributed by atoms with Gasteiger partial charge in [0, 0.05) is 21.9 Å². The van der Waals surface area contributed by atoms with Crippen LogP contribution in [-0.2, 0) is 6.54 Å². The lowest BCUT2D eigenvalue weighted by atomic mass is 9.91. The molecule has 0 bridgehead atoms. The molecule has 1 heterocycles. The molecule has 2 nitrogen and oxygen atoms in total. The highest BCUT2D eigenvalue weighted by Crippen LogP contribution is 2.46. The second kappa shape index (κ2) is 11.8. The van der Waals surface area contributed by atoms with E-state index >= 15 is 0 Å². The molecule has 8 rings (SSSR count). The molecule has 46 heavy (non-hydrogen) atoms. The van der Waals surface area contributed by atoms with E-state index in [4.69, 9.17) is 4.42 Å². The van der Waals surface area contributed by atoms with Crippen LogP contribution < -0.4 is 0 Å². The number of aliphatic imine (C=N–C) groups is 1. The van der Waals surface area contributed by atoms with Crippen molar-refractivity contribution >= 4 is 28.7 Å². The Kier molecular flexibility index (Phi) is 7.09. The first-order valence-electron chi connectivity index (χ1n) is 15.6. The summed E-state index contributed by atoms with van der Waals surface area (Å²) in [6.07, 6.45) is 0. The molecule has 0 aliphatic rings. The lowest BCUT2D eigenvalue weighted by molar-refractivity contribution is 0.671. The van der Waals surface area contributed by atoms with Gasteiger partial charge in [-0.1, -0.05) is 133 Å². The zero-order valence-electron chi connectivity index (χ0n) is 25.4. The van der Waals surface area contributed by atoms with Crippen LogP contribution in [0, 0.1) is 0 Å². The molecule has 1 aromatic heterocycles. The van der Waals surface area contributed by atoms with Crippen LogP contribution in [-0.4, -0.2) is 6.72 Å². The molecule has 0 N–H and O–H groups in total. The van der Waals surface area contributed by atoms with Gasteiger partial charge in [0.15, 0.2) is 0 Å². The summed E-state index contributed by atoms with van der Waals surface area (Å²) in [5.41, 5.74) is 14.3. The van der Waals surface area contributed by atoms with Crippen LogP contribution in [0.2, 0.25) is 0 Å². The molecule has 0 unspecified atom stereocenters. The van der Waals surface area contributed by atoms with E-state index in [1.165, 1.54) is 5.56 Å². The Morgan fingerprint density at radius 2 is 0.978 bits per heavy atom. The third kappa shape index (κ3) is 5.00. The predicted molar refractivity (Wildman–Crippen MR) is 194 cm³/mol. The Labute approximate surface area is 268 Å². The van der Waals surface area contributed by atoms with Crippen molar-refractivity contribution in [2.75, 3.05) is 0 Å². The SMILES string of the molecule is C=NCc1cccc(-c2cccc(-c3ccc(-c4ccccc4)c4oc5c(-c6ccccc6)cc(-c6ccccc6)cc5c34)c2)c1. The second-order valence-electron chi connectivity index (χ2n) is 11.6. The molecule has 0 aliphatic carbocycles. The monoisotopic (exact) mass is 589 g/mol. The first-order chi connectivity index (χ1) is 22.8. The summed E-state index contributed by atoms with van der Waals surface area (Å²) in [4.78, 5) is 4.09. The normalized spacial score (nSPS) is 11.2. The summed E-state index contributed by atoms with van der Waals surface area (Å²) in [6.45, 7) is 4.28. The zero-order chi connectivity index (χ0) is 30.9. The maximum absolute atomic E-state index is 7.02. The summed E-state index contributed by atoms with van der Waals surface area (Å²) in [5, 5.41) is 2.22. The number of furan rings is 1. The second-order valence-corrected chi connectivity index (χ2v) is 11.6. The van der Waals surface area contributed by atoms with E-state index in [-0.39, 0.29) is 0 Å². The number of rotatable bonds is 7. The average molecular weight is 590 g/mol. The average Bonchev–Trinajstić information content (AvgIpc) is 3.52. The van der Waals surface area contributed by atoms with Gasteiger partial charge in [-0.2, -0.15) is 0 Å². The Morgan fingerprint density at radius 1 is 0.413 bits per heavy atom. The van der Waals surface area contributed by atoms with Gasteiger partial charge in [-0.3, -0.25) is 4.99 Å². The van der Waals surface area contributed by atoms with Gasteiger partial charge in [0.25, 0.3) is 0 Å². The van der Waals surface area contributed by atoms with Gasteiger partial charge < -0.3 is 4.42 Å². The van der Waals surface area contributed by atoms with Crippen molar-refractivity contribution in [3.63, 3.8) is 0 Å². The maximum atomic E-state index is 7.02. The van der Waals surface area contributed by atoms with Crippen molar-refractivity contribution in [1.82, 2.24) is 0 Å². The minimum atomic E-state index is 0.601. The number of nitrogens with zero attached hydrogens (tertiary/aromatic N) is 1. The largest absolute Gasteiger partial charge is 0.455 e. The van der Waals surface area contributed by atoms with Gasteiger partial charge in [0.05, 0.1) is 6.54 Å². The van der Waals surface area contributed by atoms with Gasteiger partial charge >= 0.3 is 0 Å². The summed E-state index contributed by atoms with van der Waals surface area (Å²) < 4.78 is 7.02. The Hall–Kier alpha value is -5.99. The first-order valence-corrected chi connectivity index (χ1v) is 15.6. The standard InChI is InChI=1S/C44H31NO/c1-45-29-30-13-11-20-34(25-30)35-21-12-22-36(26-35)38-23-24-39(32-16-7-3-8-17-32)44-42(38)41-28-37(31-14-5-2-6-15-31)27-40(43(41)46-44)33-18-9-4-10-19-33/h2-28H,1,29H2. The fraction of sp³-hybridized carbons (Fsp3) is 0.0227. The molecule has 0 fully saturated rings. The maximum Gasteiger partial charge on any atom is 0.143 e. The number of fused-ring (bicyclic) bond motifs is 3. The van der Waals surface area contributed by atoms with Crippen molar-refractivity contribution in [1.29, 1.82) is 0 Å². The van der Waals surface area contributed by atoms with Crippen molar-refractivity contribution in [3.8, 4) is 55.6 Å². The Balaban J connectivity index is 1.44. The summed E-state index contributed by atoms with van der Waals surface area (Å²) in [5.74, 6) is 0. The van der Waals surface area contributed by atoms with Gasteiger partial charge in [0.1, 0.15) is 11.2 Å². The topological polar surface area (TPSA) is 25.5 Å². The third-order valence-electron chi connectivity index (χ3n) is 8.73. The van der Waals surface area contributed by atoms with Crippen LogP contribution >= 0.6 is 0 Å². The molecule has 8 aromatic rings. The highest BCUT2D eigenvalue weighted by molar-refractivity contribution is 6.19. The zero-order valence-corrected chi connectivity index (χ0v) is 25.4. The van der Waals surface area contributed by atoms with E-state index in [0.717, 1.165) is 77.6 Å².